The Balaban J connectivity index is 1.92. The van der Waals surface area contributed by atoms with Gasteiger partial charge in [-0.25, -0.2) is 0 Å². The van der Waals surface area contributed by atoms with Crippen LogP contribution in [0.4, 0.5) is 5.69 Å². The van der Waals surface area contributed by atoms with Gasteiger partial charge in [0.05, 0.1) is 31.9 Å². The number of anilines is 1. The Kier molecular flexibility index (Phi) is 8.05. The molecule has 4 rings (SSSR count). The molecule has 0 aliphatic carbocycles. The summed E-state index contributed by atoms with van der Waals surface area (Å²) >= 11 is 0. The number of rotatable bonds is 9. The number of hydrogen-bond acceptors (Lipinski definition) is 6. The quantitative estimate of drug-likeness (QED) is 0.210. The molecule has 7 nitrogen and oxygen atoms in total. The molecule has 0 radical (unpaired) electrons. The number of aryl methyl sites for hydroxylation is 2. The van der Waals surface area contributed by atoms with Gasteiger partial charge in [-0.3, -0.25) is 14.5 Å². The highest BCUT2D eigenvalue weighted by Crippen LogP contribution is 2.44. The maximum atomic E-state index is 13.5. The summed E-state index contributed by atoms with van der Waals surface area (Å²) in [5.74, 6) is -0.00149. The van der Waals surface area contributed by atoms with Gasteiger partial charge < -0.3 is 19.3 Å². The van der Waals surface area contributed by atoms with E-state index in [2.05, 4.69) is 0 Å². The highest BCUT2D eigenvalue weighted by Gasteiger charge is 2.47. The number of amides is 1. The van der Waals surface area contributed by atoms with E-state index in [1.165, 1.54) is 4.90 Å². The number of ether oxygens (including phenoxy) is 3. The summed E-state index contributed by atoms with van der Waals surface area (Å²) in [7, 11) is 1.55. The number of aliphatic hydroxyl groups is 1. The topological polar surface area (TPSA) is 85.3 Å². The second-order valence-corrected chi connectivity index (χ2v) is 9.18. The van der Waals surface area contributed by atoms with Gasteiger partial charge in [0.15, 0.2) is 11.5 Å². The predicted octanol–water partition coefficient (Wildman–Crippen LogP) is 6.13. The van der Waals surface area contributed by atoms with E-state index in [0.717, 1.165) is 17.5 Å². The van der Waals surface area contributed by atoms with Crippen LogP contribution in [0.15, 0.2) is 66.2 Å². The fraction of sp³-hybridized carbons (Fsp3) is 0.290. The highest BCUT2D eigenvalue weighted by molar-refractivity contribution is 6.51. The number of nitrogens with zero attached hydrogens (tertiary/aromatic N) is 1. The van der Waals surface area contributed by atoms with Gasteiger partial charge in [0.1, 0.15) is 11.5 Å². The molecule has 1 saturated heterocycles. The first-order valence-electron chi connectivity index (χ1n) is 12.7. The number of hydrogen-bond donors (Lipinski definition) is 1. The van der Waals surface area contributed by atoms with E-state index in [1.54, 1.807) is 49.6 Å². The first kappa shape index (κ1) is 26.8. The molecule has 3 aromatic carbocycles. The van der Waals surface area contributed by atoms with Gasteiger partial charge in [-0.2, -0.15) is 0 Å². The molecule has 1 atom stereocenters. The summed E-state index contributed by atoms with van der Waals surface area (Å²) in [6, 6.07) is 17.0. The zero-order valence-electron chi connectivity index (χ0n) is 22.4. The van der Waals surface area contributed by atoms with Crippen molar-refractivity contribution in [1.29, 1.82) is 0 Å². The molecular formula is C31H33NO6. The van der Waals surface area contributed by atoms with Crippen molar-refractivity contribution in [1.82, 2.24) is 0 Å². The lowest BCUT2D eigenvalue weighted by atomic mass is 9.94. The molecule has 38 heavy (non-hydrogen) atoms. The third kappa shape index (κ3) is 5.09. The van der Waals surface area contributed by atoms with Crippen LogP contribution in [-0.2, 0) is 9.59 Å². The third-order valence-electron chi connectivity index (χ3n) is 6.44. The van der Waals surface area contributed by atoms with Crippen molar-refractivity contribution < 1.29 is 28.9 Å². The maximum absolute atomic E-state index is 13.5. The molecule has 1 amide bonds. The molecule has 1 aliphatic rings. The fourth-order valence-corrected chi connectivity index (χ4v) is 4.65. The SMILES string of the molecule is CCCOc1ccc(/C(O)=C2/C(=O)C(=O)N(c3cccc(C)c3)C2c2ccc(OC)c(OCC)c2)cc1C. The van der Waals surface area contributed by atoms with E-state index in [1.807, 2.05) is 45.9 Å². The molecule has 1 aliphatic heterocycles. The van der Waals surface area contributed by atoms with Crippen molar-refractivity contribution in [2.45, 2.75) is 40.2 Å². The van der Waals surface area contributed by atoms with Crippen LogP contribution in [0.5, 0.6) is 17.2 Å². The van der Waals surface area contributed by atoms with Gasteiger partial charge in [0, 0.05) is 11.3 Å². The standard InChI is InChI=1S/C31H33NO6/c1-6-15-38-24-13-12-22(17-20(24)4)29(33)27-28(21-11-14-25(36-5)26(18-21)37-7-2)32(31(35)30(27)34)23-10-8-9-19(3)16-23/h8-14,16-18,28,33H,6-7,15H2,1-5H3/b29-27-. The van der Waals surface area contributed by atoms with E-state index >= 15 is 0 Å². The van der Waals surface area contributed by atoms with Crippen LogP contribution in [0.3, 0.4) is 0 Å². The number of ketones is 1. The van der Waals surface area contributed by atoms with Gasteiger partial charge in [-0.1, -0.05) is 25.1 Å². The zero-order chi connectivity index (χ0) is 27.4. The van der Waals surface area contributed by atoms with E-state index < -0.39 is 17.7 Å². The van der Waals surface area contributed by atoms with Gasteiger partial charge in [-0.05, 0) is 86.3 Å². The Hall–Kier alpha value is -4.26. The third-order valence-corrected chi connectivity index (χ3v) is 6.44. The lowest BCUT2D eigenvalue weighted by Crippen LogP contribution is -2.29. The fourth-order valence-electron chi connectivity index (χ4n) is 4.65. The molecule has 3 aromatic rings. The molecule has 1 unspecified atom stereocenters. The Labute approximate surface area is 223 Å². The van der Waals surface area contributed by atoms with Crippen molar-refractivity contribution in [2.24, 2.45) is 0 Å². The van der Waals surface area contributed by atoms with E-state index in [4.69, 9.17) is 14.2 Å². The number of benzene rings is 3. The van der Waals surface area contributed by atoms with Crippen LogP contribution in [0.2, 0.25) is 0 Å². The minimum atomic E-state index is -0.877. The largest absolute Gasteiger partial charge is 0.507 e. The van der Waals surface area contributed by atoms with Gasteiger partial charge in [0.25, 0.3) is 11.7 Å². The number of carbonyl (C=O) groups excluding carboxylic acids is 2. The lowest BCUT2D eigenvalue weighted by molar-refractivity contribution is -0.132. The average Bonchev–Trinajstić information content (AvgIpc) is 3.17. The molecule has 0 saturated carbocycles. The molecule has 198 valence electrons. The first-order valence-corrected chi connectivity index (χ1v) is 12.7. The normalized spacial score (nSPS) is 16.6. The smallest absolute Gasteiger partial charge is 0.300 e. The first-order chi connectivity index (χ1) is 18.3. The minimum absolute atomic E-state index is 0.00532. The van der Waals surface area contributed by atoms with Crippen molar-refractivity contribution in [2.75, 3.05) is 25.2 Å². The number of methoxy groups -OCH3 is 1. The van der Waals surface area contributed by atoms with Gasteiger partial charge >= 0.3 is 0 Å². The average molecular weight is 516 g/mol. The Bertz CT molecular complexity index is 1390. The number of aliphatic hydroxyl groups excluding tert-OH is 1. The maximum Gasteiger partial charge on any atom is 0.300 e. The monoisotopic (exact) mass is 515 g/mol. The molecule has 0 bridgehead atoms. The molecule has 0 aromatic heterocycles. The van der Waals surface area contributed by atoms with E-state index in [9.17, 15) is 14.7 Å². The van der Waals surface area contributed by atoms with Crippen molar-refractivity contribution in [3.63, 3.8) is 0 Å². The van der Waals surface area contributed by atoms with Crippen molar-refractivity contribution in [3.8, 4) is 17.2 Å². The summed E-state index contributed by atoms with van der Waals surface area (Å²) < 4.78 is 17.0. The van der Waals surface area contributed by atoms with Crippen molar-refractivity contribution in [3.05, 3.63) is 88.5 Å². The minimum Gasteiger partial charge on any atom is -0.507 e. The van der Waals surface area contributed by atoms with E-state index in [0.29, 0.717) is 47.3 Å². The number of Topliss-reactive ketones (excluding diaryl/α,β-unsaturated/α-hetero) is 1. The summed E-state index contributed by atoms with van der Waals surface area (Å²) in [5.41, 5.74) is 3.35. The van der Waals surface area contributed by atoms with Gasteiger partial charge in [0.2, 0.25) is 0 Å². The Morgan fingerprint density at radius 2 is 1.68 bits per heavy atom. The highest BCUT2D eigenvalue weighted by atomic mass is 16.5. The Morgan fingerprint density at radius 1 is 0.921 bits per heavy atom. The van der Waals surface area contributed by atoms with Gasteiger partial charge in [-0.15, -0.1) is 0 Å². The van der Waals surface area contributed by atoms with Crippen LogP contribution in [0.1, 0.15) is 48.6 Å². The number of carbonyl (C=O) groups is 2. The van der Waals surface area contributed by atoms with Crippen LogP contribution in [0.25, 0.3) is 5.76 Å². The molecule has 0 spiro atoms. The second kappa shape index (κ2) is 11.4. The van der Waals surface area contributed by atoms with Crippen LogP contribution >= 0.6 is 0 Å². The van der Waals surface area contributed by atoms with Crippen LogP contribution in [0, 0.1) is 13.8 Å². The molecule has 1 heterocycles. The molecule has 1 N–H and O–H groups in total. The molecular weight excluding hydrogens is 482 g/mol. The summed E-state index contributed by atoms with van der Waals surface area (Å²) in [5, 5.41) is 11.5. The summed E-state index contributed by atoms with van der Waals surface area (Å²) in [4.78, 5) is 28.4. The summed E-state index contributed by atoms with van der Waals surface area (Å²) in [6.07, 6.45) is 0.870. The van der Waals surface area contributed by atoms with Crippen LogP contribution < -0.4 is 19.1 Å². The summed E-state index contributed by atoms with van der Waals surface area (Å²) in [6.45, 7) is 8.67. The van der Waals surface area contributed by atoms with Crippen LogP contribution in [-0.4, -0.2) is 37.1 Å². The molecule has 7 heteroatoms. The lowest BCUT2D eigenvalue weighted by Gasteiger charge is -2.26. The van der Waals surface area contributed by atoms with Crippen molar-refractivity contribution >= 4 is 23.1 Å². The Morgan fingerprint density at radius 3 is 2.34 bits per heavy atom. The zero-order valence-corrected chi connectivity index (χ0v) is 22.4. The second-order valence-electron chi connectivity index (χ2n) is 9.18. The molecule has 1 fully saturated rings. The predicted molar refractivity (Wildman–Crippen MR) is 147 cm³/mol. The van der Waals surface area contributed by atoms with E-state index in [-0.39, 0.29) is 11.3 Å².